The van der Waals surface area contributed by atoms with Crippen molar-refractivity contribution in [2.75, 3.05) is 12.3 Å². The van der Waals surface area contributed by atoms with Gasteiger partial charge in [0.25, 0.3) is 5.56 Å². The van der Waals surface area contributed by atoms with Crippen molar-refractivity contribution in [3.63, 3.8) is 0 Å². The highest BCUT2D eigenvalue weighted by atomic mass is 32.2. The van der Waals surface area contributed by atoms with Crippen LogP contribution >= 0.6 is 23.5 Å². The molecule has 1 saturated heterocycles. The van der Waals surface area contributed by atoms with Crippen molar-refractivity contribution in [3.8, 4) is 0 Å². The third-order valence-corrected chi connectivity index (χ3v) is 7.21. The number of aromatic amines is 1. The molecule has 3 unspecified atom stereocenters. The summed E-state index contributed by atoms with van der Waals surface area (Å²) in [4.78, 5) is 19.8. The standard InChI is InChI=1S/C13H19N3OS2/c1-7-8(2)19-11(6-18-7)12-15-10-3-4-14-5-9(10)13(17)16-12/h7-8,11,14H,3-6H2,1-2H3,(H,15,16,17). The Morgan fingerprint density at radius 1 is 1.32 bits per heavy atom. The number of H-pyrrole nitrogens is 1. The number of aromatic nitrogens is 2. The molecule has 3 atom stereocenters. The summed E-state index contributed by atoms with van der Waals surface area (Å²) < 4.78 is 0. The first-order valence-corrected chi connectivity index (χ1v) is 8.74. The zero-order valence-corrected chi connectivity index (χ0v) is 12.9. The summed E-state index contributed by atoms with van der Waals surface area (Å²) in [5, 5.41) is 4.83. The maximum atomic E-state index is 12.1. The van der Waals surface area contributed by atoms with E-state index in [0.717, 1.165) is 35.8 Å². The average Bonchev–Trinajstić information content (AvgIpc) is 2.42. The number of nitrogens with zero attached hydrogens (tertiary/aromatic N) is 1. The van der Waals surface area contributed by atoms with Gasteiger partial charge in [-0.1, -0.05) is 13.8 Å². The number of nitrogens with one attached hydrogen (secondary N) is 2. The predicted molar refractivity (Wildman–Crippen MR) is 82.0 cm³/mol. The van der Waals surface area contributed by atoms with Gasteiger partial charge in [0.1, 0.15) is 5.82 Å². The van der Waals surface area contributed by atoms with Crippen LogP contribution in [0.2, 0.25) is 0 Å². The predicted octanol–water partition coefficient (Wildman–Crippen LogP) is 1.71. The van der Waals surface area contributed by atoms with Gasteiger partial charge in [0.2, 0.25) is 0 Å². The molecule has 2 aliphatic rings. The van der Waals surface area contributed by atoms with Crippen LogP contribution in [0.25, 0.3) is 0 Å². The van der Waals surface area contributed by atoms with Crippen molar-refractivity contribution < 1.29 is 0 Å². The van der Waals surface area contributed by atoms with Crippen LogP contribution in [-0.4, -0.2) is 32.8 Å². The highest BCUT2D eigenvalue weighted by molar-refractivity contribution is 8.07. The van der Waals surface area contributed by atoms with E-state index < -0.39 is 0 Å². The van der Waals surface area contributed by atoms with Gasteiger partial charge in [-0.3, -0.25) is 4.79 Å². The Balaban J connectivity index is 1.89. The Morgan fingerprint density at radius 2 is 2.16 bits per heavy atom. The maximum Gasteiger partial charge on any atom is 0.255 e. The first-order valence-electron chi connectivity index (χ1n) is 6.75. The van der Waals surface area contributed by atoms with Crippen molar-refractivity contribution in [2.24, 2.45) is 0 Å². The fourth-order valence-electron chi connectivity index (χ4n) is 2.45. The van der Waals surface area contributed by atoms with E-state index in [1.54, 1.807) is 0 Å². The molecule has 3 rings (SSSR count). The van der Waals surface area contributed by atoms with E-state index in [4.69, 9.17) is 4.98 Å². The number of thioether (sulfide) groups is 2. The molecule has 19 heavy (non-hydrogen) atoms. The van der Waals surface area contributed by atoms with Crippen molar-refractivity contribution in [3.05, 3.63) is 27.4 Å². The van der Waals surface area contributed by atoms with Gasteiger partial charge >= 0.3 is 0 Å². The second-order valence-corrected chi connectivity index (χ2v) is 8.17. The molecule has 0 aliphatic carbocycles. The molecule has 0 bridgehead atoms. The van der Waals surface area contributed by atoms with E-state index in [0.29, 0.717) is 22.3 Å². The fraction of sp³-hybridized carbons (Fsp3) is 0.692. The van der Waals surface area contributed by atoms with Crippen molar-refractivity contribution in [2.45, 2.75) is 42.6 Å². The quantitative estimate of drug-likeness (QED) is 0.826. The van der Waals surface area contributed by atoms with E-state index in [9.17, 15) is 4.79 Å². The Kier molecular flexibility index (Phi) is 3.91. The summed E-state index contributed by atoms with van der Waals surface area (Å²) in [7, 11) is 0. The van der Waals surface area contributed by atoms with Gasteiger partial charge in [-0.15, -0.1) is 11.8 Å². The normalized spacial score (nSPS) is 30.9. The molecule has 4 nitrogen and oxygen atoms in total. The molecule has 0 aromatic carbocycles. The van der Waals surface area contributed by atoms with Crippen LogP contribution in [0.4, 0.5) is 0 Å². The van der Waals surface area contributed by atoms with Gasteiger partial charge in [0.05, 0.1) is 16.5 Å². The van der Waals surface area contributed by atoms with Gasteiger partial charge in [0, 0.05) is 35.8 Å². The number of hydrogen-bond acceptors (Lipinski definition) is 5. The lowest BCUT2D eigenvalue weighted by atomic mass is 10.1. The van der Waals surface area contributed by atoms with E-state index in [2.05, 4.69) is 24.1 Å². The third-order valence-electron chi connectivity index (χ3n) is 3.82. The smallest absolute Gasteiger partial charge is 0.255 e. The molecule has 1 aromatic heterocycles. The average molecular weight is 297 g/mol. The summed E-state index contributed by atoms with van der Waals surface area (Å²) in [5.74, 6) is 1.91. The molecule has 3 heterocycles. The second-order valence-electron chi connectivity index (χ2n) is 5.17. The van der Waals surface area contributed by atoms with E-state index in [-0.39, 0.29) is 5.56 Å². The zero-order chi connectivity index (χ0) is 13.4. The second kappa shape index (κ2) is 5.50. The molecule has 0 radical (unpaired) electrons. The molecule has 0 spiro atoms. The van der Waals surface area contributed by atoms with Gasteiger partial charge in [-0.05, 0) is 0 Å². The van der Waals surface area contributed by atoms with Crippen LogP contribution in [-0.2, 0) is 13.0 Å². The molecule has 1 aromatic rings. The van der Waals surface area contributed by atoms with Crippen molar-refractivity contribution in [1.82, 2.24) is 15.3 Å². The summed E-state index contributed by atoms with van der Waals surface area (Å²) in [5.41, 5.74) is 1.86. The van der Waals surface area contributed by atoms with Gasteiger partial charge in [0.15, 0.2) is 0 Å². The minimum absolute atomic E-state index is 0.0454. The van der Waals surface area contributed by atoms with Crippen LogP contribution in [0, 0.1) is 0 Å². The van der Waals surface area contributed by atoms with Gasteiger partial charge in [-0.25, -0.2) is 4.98 Å². The SMILES string of the molecule is CC1SCC(c2nc3c(c(=O)[nH]2)CNCC3)SC1C. The molecule has 2 N–H and O–H groups in total. The molecular weight excluding hydrogens is 278 g/mol. The summed E-state index contributed by atoms with van der Waals surface area (Å²) in [6, 6.07) is 0. The van der Waals surface area contributed by atoms with Gasteiger partial charge in [-0.2, -0.15) is 11.8 Å². The Bertz CT molecular complexity index is 531. The number of hydrogen-bond donors (Lipinski definition) is 2. The minimum atomic E-state index is 0.0454. The zero-order valence-electron chi connectivity index (χ0n) is 11.2. The summed E-state index contributed by atoms with van der Waals surface area (Å²) in [6.07, 6.45) is 0.864. The Hall–Kier alpha value is -0.460. The van der Waals surface area contributed by atoms with Crippen LogP contribution in [0.5, 0.6) is 0 Å². The van der Waals surface area contributed by atoms with Crippen LogP contribution in [0.1, 0.15) is 36.2 Å². The van der Waals surface area contributed by atoms with Crippen LogP contribution < -0.4 is 10.9 Å². The number of rotatable bonds is 1. The van der Waals surface area contributed by atoms with Gasteiger partial charge < -0.3 is 10.3 Å². The van der Waals surface area contributed by atoms with Crippen molar-refractivity contribution in [1.29, 1.82) is 0 Å². The van der Waals surface area contributed by atoms with E-state index in [1.165, 1.54) is 0 Å². The Morgan fingerprint density at radius 3 is 2.95 bits per heavy atom. The minimum Gasteiger partial charge on any atom is -0.312 e. The fourth-order valence-corrected chi connectivity index (χ4v) is 5.32. The van der Waals surface area contributed by atoms with Crippen molar-refractivity contribution >= 4 is 23.5 Å². The van der Waals surface area contributed by atoms with E-state index in [1.807, 2.05) is 23.5 Å². The molecular formula is C13H19N3OS2. The third kappa shape index (κ3) is 2.71. The topological polar surface area (TPSA) is 57.8 Å². The monoisotopic (exact) mass is 297 g/mol. The van der Waals surface area contributed by atoms with E-state index >= 15 is 0 Å². The molecule has 0 amide bonds. The summed E-state index contributed by atoms with van der Waals surface area (Å²) in [6.45, 7) is 6.10. The van der Waals surface area contributed by atoms with Crippen LogP contribution in [0.15, 0.2) is 4.79 Å². The molecule has 6 heteroatoms. The highest BCUT2D eigenvalue weighted by Gasteiger charge is 2.29. The van der Waals surface area contributed by atoms with Crippen LogP contribution in [0.3, 0.4) is 0 Å². The Labute approximate surface area is 121 Å². The lowest BCUT2D eigenvalue weighted by Gasteiger charge is -2.31. The molecule has 104 valence electrons. The molecule has 2 aliphatic heterocycles. The highest BCUT2D eigenvalue weighted by Crippen LogP contribution is 2.43. The largest absolute Gasteiger partial charge is 0.312 e. The molecule has 0 saturated carbocycles. The first kappa shape index (κ1) is 13.5. The lowest BCUT2D eigenvalue weighted by Crippen LogP contribution is -2.33. The first-order chi connectivity index (χ1) is 9.15. The maximum absolute atomic E-state index is 12.1. The summed E-state index contributed by atoms with van der Waals surface area (Å²) >= 11 is 3.91. The molecule has 1 fully saturated rings. The number of fused-ring (bicyclic) bond motifs is 1. The lowest BCUT2D eigenvalue weighted by molar-refractivity contribution is 0.613.